The van der Waals surface area contributed by atoms with E-state index in [0.717, 1.165) is 17.4 Å². The summed E-state index contributed by atoms with van der Waals surface area (Å²) < 4.78 is 0. The van der Waals surface area contributed by atoms with Gasteiger partial charge >= 0.3 is 0 Å². The molecule has 3 aromatic rings. The number of nitro benzene ring substituents is 1. The molecule has 1 unspecified atom stereocenters. The van der Waals surface area contributed by atoms with Crippen LogP contribution in [0.2, 0.25) is 10.0 Å². The van der Waals surface area contributed by atoms with Gasteiger partial charge in [0.05, 0.1) is 9.95 Å². The minimum atomic E-state index is -0.926. The Balaban J connectivity index is 1.74. The predicted octanol–water partition coefficient (Wildman–Crippen LogP) is 4.81. The Morgan fingerprint density at radius 1 is 1.09 bits per heavy atom. The number of amides is 2. The molecule has 0 radical (unpaired) electrons. The number of aromatic nitrogens is 2. The van der Waals surface area contributed by atoms with Gasteiger partial charge in [0.1, 0.15) is 11.1 Å². The summed E-state index contributed by atoms with van der Waals surface area (Å²) in [6.45, 7) is 3.51. The van der Waals surface area contributed by atoms with E-state index < -0.39 is 28.5 Å². The van der Waals surface area contributed by atoms with E-state index in [1.54, 1.807) is 32.0 Å². The molecule has 2 amide bonds. The molecule has 0 saturated heterocycles. The molecule has 9 nitrogen and oxygen atoms in total. The van der Waals surface area contributed by atoms with Gasteiger partial charge in [-0.2, -0.15) is 0 Å². The number of benzene rings is 2. The number of nitro groups is 1. The molecule has 0 aliphatic rings. The van der Waals surface area contributed by atoms with Crippen molar-refractivity contribution in [1.29, 1.82) is 0 Å². The van der Waals surface area contributed by atoms with E-state index in [2.05, 4.69) is 20.8 Å². The van der Waals surface area contributed by atoms with Crippen LogP contribution < -0.4 is 10.6 Å². The lowest BCUT2D eigenvalue weighted by atomic mass is 10.0. The lowest BCUT2D eigenvalue weighted by Gasteiger charge is -2.21. The van der Waals surface area contributed by atoms with Crippen LogP contribution in [0.15, 0.2) is 42.5 Å². The average Bonchev–Trinajstić information content (AvgIpc) is 3.20. The summed E-state index contributed by atoms with van der Waals surface area (Å²) in [4.78, 5) is 35.8. The molecule has 0 saturated carbocycles. The zero-order chi connectivity index (χ0) is 23.4. The van der Waals surface area contributed by atoms with Crippen LogP contribution in [-0.4, -0.2) is 33.0 Å². The van der Waals surface area contributed by atoms with E-state index in [1.807, 2.05) is 6.07 Å². The van der Waals surface area contributed by atoms with Crippen LogP contribution in [0.3, 0.4) is 0 Å². The van der Waals surface area contributed by atoms with Gasteiger partial charge in [0.15, 0.2) is 5.01 Å². The largest absolute Gasteiger partial charge is 0.340 e. The second-order valence-electron chi connectivity index (χ2n) is 7.00. The Labute approximate surface area is 196 Å². The van der Waals surface area contributed by atoms with Crippen molar-refractivity contribution < 1.29 is 14.5 Å². The smallest absolute Gasteiger partial charge is 0.288 e. The topological polar surface area (TPSA) is 127 Å². The Morgan fingerprint density at radius 3 is 2.47 bits per heavy atom. The van der Waals surface area contributed by atoms with Crippen molar-refractivity contribution in [3.8, 4) is 10.6 Å². The minimum Gasteiger partial charge on any atom is -0.340 e. The van der Waals surface area contributed by atoms with E-state index in [9.17, 15) is 19.7 Å². The summed E-state index contributed by atoms with van der Waals surface area (Å²) in [6.07, 6.45) is 0. The highest BCUT2D eigenvalue weighted by Gasteiger charge is 2.27. The summed E-state index contributed by atoms with van der Waals surface area (Å²) in [5, 5.41) is 25.5. The summed E-state index contributed by atoms with van der Waals surface area (Å²) >= 11 is 13.1. The SMILES string of the molecule is CC(C)C(NC(=O)c1ccc(Cl)c([N+](=O)[O-])c1)C(=O)Nc1nnc(-c2ccccc2Cl)s1. The first-order valence-electron chi connectivity index (χ1n) is 9.31. The number of anilines is 1. The number of carbonyl (C=O) groups excluding carboxylic acids is 2. The number of nitrogens with one attached hydrogen (secondary N) is 2. The van der Waals surface area contributed by atoms with Gasteiger partial charge in [-0.25, -0.2) is 0 Å². The molecule has 3 rings (SSSR count). The first-order valence-corrected chi connectivity index (χ1v) is 10.9. The number of halogens is 2. The van der Waals surface area contributed by atoms with Crippen molar-refractivity contribution in [3.63, 3.8) is 0 Å². The van der Waals surface area contributed by atoms with Crippen molar-refractivity contribution in [1.82, 2.24) is 15.5 Å². The highest BCUT2D eigenvalue weighted by Crippen LogP contribution is 2.31. The molecule has 1 heterocycles. The van der Waals surface area contributed by atoms with Crippen molar-refractivity contribution in [2.75, 3.05) is 5.32 Å². The number of rotatable bonds is 7. The molecular weight excluding hydrogens is 477 g/mol. The number of hydrogen-bond acceptors (Lipinski definition) is 7. The summed E-state index contributed by atoms with van der Waals surface area (Å²) in [7, 11) is 0. The lowest BCUT2D eigenvalue weighted by Crippen LogP contribution is -2.47. The third kappa shape index (κ3) is 5.39. The van der Waals surface area contributed by atoms with Crippen LogP contribution in [-0.2, 0) is 4.79 Å². The Kier molecular flexibility index (Phi) is 7.39. The van der Waals surface area contributed by atoms with Crippen LogP contribution >= 0.6 is 34.5 Å². The van der Waals surface area contributed by atoms with Gasteiger partial charge in [0.25, 0.3) is 11.6 Å². The molecule has 2 aromatic carbocycles. The molecule has 166 valence electrons. The Bertz CT molecular complexity index is 1180. The first-order chi connectivity index (χ1) is 15.2. The van der Waals surface area contributed by atoms with Gasteiger partial charge in [-0.15, -0.1) is 10.2 Å². The number of nitrogens with zero attached hydrogens (tertiary/aromatic N) is 3. The number of hydrogen-bond donors (Lipinski definition) is 2. The minimum absolute atomic E-state index is 0.0106. The van der Waals surface area contributed by atoms with Crippen LogP contribution in [0, 0.1) is 16.0 Å². The van der Waals surface area contributed by atoms with Crippen LogP contribution in [0.4, 0.5) is 10.8 Å². The van der Waals surface area contributed by atoms with Crippen LogP contribution in [0.1, 0.15) is 24.2 Å². The molecule has 0 aliphatic heterocycles. The second kappa shape index (κ2) is 10.0. The third-order valence-corrected chi connectivity index (χ3v) is 5.92. The molecule has 0 bridgehead atoms. The molecule has 1 atom stereocenters. The first kappa shape index (κ1) is 23.6. The van der Waals surface area contributed by atoms with Gasteiger partial charge < -0.3 is 5.32 Å². The molecule has 0 fully saturated rings. The van der Waals surface area contributed by atoms with E-state index in [0.29, 0.717) is 15.6 Å². The highest BCUT2D eigenvalue weighted by molar-refractivity contribution is 7.18. The Hall–Kier alpha value is -3.08. The van der Waals surface area contributed by atoms with Gasteiger partial charge in [-0.1, -0.05) is 66.6 Å². The molecule has 12 heteroatoms. The van der Waals surface area contributed by atoms with Gasteiger partial charge in [-0.3, -0.25) is 25.0 Å². The Morgan fingerprint density at radius 2 is 1.81 bits per heavy atom. The lowest BCUT2D eigenvalue weighted by molar-refractivity contribution is -0.384. The second-order valence-corrected chi connectivity index (χ2v) is 8.79. The summed E-state index contributed by atoms with van der Waals surface area (Å²) in [5.41, 5.74) is 0.299. The summed E-state index contributed by atoms with van der Waals surface area (Å²) in [5.74, 6) is -1.43. The van der Waals surface area contributed by atoms with Crippen molar-refractivity contribution in [2.24, 2.45) is 5.92 Å². The van der Waals surface area contributed by atoms with E-state index in [1.165, 1.54) is 12.1 Å². The maximum atomic E-state index is 12.8. The van der Waals surface area contributed by atoms with Crippen molar-refractivity contribution >= 4 is 57.2 Å². The average molecular weight is 494 g/mol. The van der Waals surface area contributed by atoms with Crippen molar-refractivity contribution in [3.05, 3.63) is 68.2 Å². The fourth-order valence-corrected chi connectivity index (χ4v) is 4.01. The standard InChI is InChI=1S/C20H17Cl2N5O4S/c1-10(2)16(23-17(28)11-7-8-14(22)15(9-11)27(30)31)18(29)24-20-26-25-19(32-20)12-5-3-4-6-13(12)21/h3-10,16H,1-2H3,(H,23,28)(H,24,26,29). The molecule has 0 spiro atoms. The van der Waals surface area contributed by atoms with Gasteiger partial charge in [-0.05, 0) is 24.1 Å². The zero-order valence-electron chi connectivity index (χ0n) is 16.8. The highest BCUT2D eigenvalue weighted by atomic mass is 35.5. The van der Waals surface area contributed by atoms with E-state index in [4.69, 9.17) is 23.2 Å². The number of carbonyl (C=O) groups is 2. The molecule has 0 aliphatic carbocycles. The molecule has 1 aromatic heterocycles. The molecular formula is C20H17Cl2N5O4S. The quantitative estimate of drug-likeness (QED) is 0.358. The fraction of sp³-hybridized carbons (Fsp3) is 0.200. The predicted molar refractivity (Wildman–Crippen MR) is 123 cm³/mol. The monoisotopic (exact) mass is 493 g/mol. The zero-order valence-corrected chi connectivity index (χ0v) is 19.2. The van der Waals surface area contributed by atoms with Crippen LogP contribution in [0.5, 0.6) is 0 Å². The van der Waals surface area contributed by atoms with E-state index in [-0.39, 0.29) is 21.6 Å². The maximum absolute atomic E-state index is 12.8. The fourth-order valence-electron chi connectivity index (χ4n) is 2.75. The molecule has 32 heavy (non-hydrogen) atoms. The van der Waals surface area contributed by atoms with Crippen molar-refractivity contribution in [2.45, 2.75) is 19.9 Å². The third-order valence-electron chi connectivity index (χ3n) is 4.40. The van der Waals surface area contributed by atoms with Gasteiger partial charge in [0, 0.05) is 17.2 Å². The normalized spacial score (nSPS) is 11.8. The van der Waals surface area contributed by atoms with E-state index >= 15 is 0 Å². The maximum Gasteiger partial charge on any atom is 0.288 e. The molecule has 2 N–H and O–H groups in total. The summed E-state index contributed by atoms with van der Waals surface area (Å²) in [6, 6.07) is 9.86. The van der Waals surface area contributed by atoms with Gasteiger partial charge in [0.2, 0.25) is 11.0 Å². The van der Waals surface area contributed by atoms with Crippen LogP contribution in [0.25, 0.3) is 10.6 Å².